The van der Waals surface area contributed by atoms with Gasteiger partial charge in [-0.15, -0.1) is 0 Å². The van der Waals surface area contributed by atoms with E-state index in [4.69, 9.17) is 0 Å². The standard InChI is InChI=1S/C8H8F3N/c1-4-7(12-3)5-6(2)8(9,10)11/h4-5H,1-3H2/b7-5+. The number of halogens is 3. The Balaban J connectivity index is 4.64. The molecule has 0 unspecified atom stereocenters. The molecule has 0 heterocycles. The lowest BCUT2D eigenvalue weighted by Gasteiger charge is -2.04. The third-order valence-electron chi connectivity index (χ3n) is 1.08. The van der Waals surface area contributed by atoms with Crippen LogP contribution < -0.4 is 0 Å². The van der Waals surface area contributed by atoms with E-state index in [-0.39, 0.29) is 5.70 Å². The fraction of sp³-hybridized carbons (Fsp3) is 0.125. The lowest BCUT2D eigenvalue weighted by molar-refractivity contribution is -0.0878. The Morgan fingerprint density at radius 1 is 1.33 bits per heavy atom. The fourth-order valence-electron chi connectivity index (χ4n) is 0.429. The van der Waals surface area contributed by atoms with Crippen molar-refractivity contribution >= 4 is 6.72 Å². The Kier molecular flexibility index (Phi) is 3.47. The molecule has 0 bridgehead atoms. The maximum atomic E-state index is 11.8. The zero-order valence-corrected chi connectivity index (χ0v) is 6.36. The number of hydrogen-bond acceptors (Lipinski definition) is 1. The van der Waals surface area contributed by atoms with E-state index in [9.17, 15) is 13.2 Å². The Hall–Kier alpha value is -1.32. The van der Waals surface area contributed by atoms with Gasteiger partial charge in [-0.2, -0.15) is 13.2 Å². The van der Waals surface area contributed by atoms with Crippen molar-refractivity contribution in [2.24, 2.45) is 4.99 Å². The molecule has 0 aromatic rings. The van der Waals surface area contributed by atoms with Crippen molar-refractivity contribution < 1.29 is 13.2 Å². The quantitative estimate of drug-likeness (QED) is 0.462. The van der Waals surface area contributed by atoms with E-state index in [0.717, 1.165) is 6.08 Å². The molecule has 1 nitrogen and oxygen atoms in total. The summed E-state index contributed by atoms with van der Waals surface area (Å²) in [5, 5.41) is 0. The van der Waals surface area contributed by atoms with Crippen molar-refractivity contribution in [2.45, 2.75) is 6.18 Å². The average molecular weight is 175 g/mol. The molecule has 0 rings (SSSR count). The van der Waals surface area contributed by atoms with E-state index < -0.39 is 11.7 Å². The van der Waals surface area contributed by atoms with Crippen LogP contribution in [0, 0.1) is 0 Å². The third-order valence-corrected chi connectivity index (χ3v) is 1.08. The van der Waals surface area contributed by atoms with E-state index >= 15 is 0 Å². The van der Waals surface area contributed by atoms with Crippen molar-refractivity contribution in [1.29, 1.82) is 0 Å². The van der Waals surface area contributed by atoms with Crippen LogP contribution in [0.1, 0.15) is 0 Å². The molecular weight excluding hydrogens is 167 g/mol. The molecule has 0 saturated carbocycles. The van der Waals surface area contributed by atoms with Gasteiger partial charge < -0.3 is 0 Å². The summed E-state index contributed by atoms with van der Waals surface area (Å²) in [6, 6.07) is 0. The number of allylic oxidation sites excluding steroid dienone is 3. The first-order valence-electron chi connectivity index (χ1n) is 2.98. The Labute approximate surface area is 68.6 Å². The fourth-order valence-corrected chi connectivity index (χ4v) is 0.429. The van der Waals surface area contributed by atoms with E-state index in [1.807, 2.05) is 0 Å². The van der Waals surface area contributed by atoms with Gasteiger partial charge >= 0.3 is 6.18 Å². The molecule has 0 amide bonds. The molecule has 0 saturated heterocycles. The van der Waals surface area contributed by atoms with E-state index in [1.165, 1.54) is 6.08 Å². The molecule has 0 spiro atoms. The Morgan fingerprint density at radius 3 is 2.08 bits per heavy atom. The molecule has 0 atom stereocenters. The minimum atomic E-state index is -4.42. The smallest absolute Gasteiger partial charge is 0.265 e. The second-order valence-corrected chi connectivity index (χ2v) is 1.95. The predicted octanol–water partition coefficient (Wildman–Crippen LogP) is 2.88. The van der Waals surface area contributed by atoms with Gasteiger partial charge in [0.2, 0.25) is 0 Å². The first-order chi connectivity index (χ1) is 5.41. The first kappa shape index (κ1) is 10.7. The molecule has 12 heavy (non-hydrogen) atoms. The van der Waals surface area contributed by atoms with Gasteiger partial charge in [0.25, 0.3) is 0 Å². The van der Waals surface area contributed by atoms with Gasteiger partial charge in [0.15, 0.2) is 0 Å². The minimum absolute atomic E-state index is 0.0531. The zero-order chi connectivity index (χ0) is 9.78. The Bertz CT molecular complexity index is 225. The lowest BCUT2D eigenvalue weighted by atomic mass is 10.2. The van der Waals surface area contributed by atoms with Crippen molar-refractivity contribution in [2.75, 3.05) is 0 Å². The molecule has 0 aromatic heterocycles. The molecule has 0 N–H and O–H groups in total. The summed E-state index contributed by atoms with van der Waals surface area (Å²) in [6.45, 7) is 9.15. The summed E-state index contributed by atoms with van der Waals surface area (Å²) in [6.07, 6.45) is -2.47. The van der Waals surface area contributed by atoms with Crippen molar-refractivity contribution in [3.63, 3.8) is 0 Å². The maximum Gasteiger partial charge on any atom is 0.415 e. The molecular formula is C8H8F3N. The molecule has 0 aromatic carbocycles. The monoisotopic (exact) mass is 175 g/mol. The van der Waals surface area contributed by atoms with Crippen molar-refractivity contribution in [1.82, 2.24) is 0 Å². The molecule has 0 aliphatic rings. The Morgan fingerprint density at radius 2 is 1.83 bits per heavy atom. The summed E-state index contributed by atoms with van der Waals surface area (Å²) in [5.41, 5.74) is -0.915. The van der Waals surface area contributed by atoms with Crippen LogP contribution in [0.3, 0.4) is 0 Å². The van der Waals surface area contributed by atoms with Gasteiger partial charge in [0.05, 0.1) is 11.3 Å². The highest BCUT2D eigenvalue weighted by Gasteiger charge is 2.30. The van der Waals surface area contributed by atoms with Crippen LogP contribution in [0.25, 0.3) is 0 Å². The first-order valence-corrected chi connectivity index (χ1v) is 2.98. The number of hydrogen-bond donors (Lipinski definition) is 0. The number of alkyl halides is 3. The zero-order valence-electron chi connectivity index (χ0n) is 6.36. The molecule has 0 aliphatic heterocycles. The van der Waals surface area contributed by atoms with Gasteiger partial charge in [0.1, 0.15) is 0 Å². The van der Waals surface area contributed by atoms with Crippen LogP contribution in [-0.2, 0) is 0 Å². The highest BCUT2D eigenvalue weighted by atomic mass is 19.4. The summed E-state index contributed by atoms with van der Waals surface area (Å²) < 4.78 is 35.5. The minimum Gasteiger partial charge on any atom is -0.265 e. The van der Waals surface area contributed by atoms with Gasteiger partial charge in [-0.3, -0.25) is 4.99 Å². The van der Waals surface area contributed by atoms with Crippen molar-refractivity contribution in [3.05, 3.63) is 36.6 Å². The molecule has 4 heteroatoms. The largest absolute Gasteiger partial charge is 0.415 e. The highest BCUT2D eigenvalue weighted by Crippen LogP contribution is 2.25. The van der Waals surface area contributed by atoms with Crippen LogP contribution >= 0.6 is 0 Å². The summed E-state index contributed by atoms with van der Waals surface area (Å²) >= 11 is 0. The van der Waals surface area contributed by atoms with Gasteiger partial charge in [-0.05, 0) is 18.9 Å². The summed E-state index contributed by atoms with van der Waals surface area (Å²) in [4.78, 5) is 3.29. The maximum absolute atomic E-state index is 11.8. The van der Waals surface area contributed by atoms with Gasteiger partial charge in [-0.25, -0.2) is 0 Å². The van der Waals surface area contributed by atoms with Crippen LogP contribution in [0.5, 0.6) is 0 Å². The van der Waals surface area contributed by atoms with E-state index in [2.05, 4.69) is 24.9 Å². The van der Waals surface area contributed by atoms with Crippen LogP contribution in [0.15, 0.2) is 41.6 Å². The highest BCUT2D eigenvalue weighted by molar-refractivity contribution is 5.37. The lowest BCUT2D eigenvalue weighted by Crippen LogP contribution is -2.08. The van der Waals surface area contributed by atoms with Crippen LogP contribution in [0.2, 0.25) is 0 Å². The SMILES string of the molecule is C=C/C(=C\C(=C)C(F)(F)F)N=C. The average Bonchev–Trinajstić information content (AvgIpc) is 1.97. The van der Waals surface area contributed by atoms with Gasteiger partial charge in [0, 0.05) is 0 Å². The number of rotatable bonds is 3. The molecule has 66 valence electrons. The van der Waals surface area contributed by atoms with Gasteiger partial charge in [-0.1, -0.05) is 13.2 Å². The van der Waals surface area contributed by atoms with E-state index in [0.29, 0.717) is 0 Å². The topological polar surface area (TPSA) is 12.4 Å². The second-order valence-electron chi connectivity index (χ2n) is 1.95. The molecule has 0 radical (unpaired) electrons. The summed E-state index contributed by atoms with van der Waals surface area (Å²) in [5.74, 6) is 0. The van der Waals surface area contributed by atoms with Crippen LogP contribution in [0.4, 0.5) is 13.2 Å². The third kappa shape index (κ3) is 3.18. The molecule has 0 fully saturated rings. The second kappa shape index (κ2) is 3.90. The van der Waals surface area contributed by atoms with E-state index in [1.54, 1.807) is 0 Å². The summed E-state index contributed by atoms with van der Waals surface area (Å²) in [7, 11) is 0. The van der Waals surface area contributed by atoms with Crippen LogP contribution in [-0.4, -0.2) is 12.9 Å². The molecule has 0 aliphatic carbocycles. The van der Waals surface area contributed by atoms with Crippen molar-refractivity contribution in [3.8, 4) is 0 Å². The predicted molar refractivity (Wildman–Crippen MR) is 43.0 cm³/mol. The number of aliphatic imine (C=N–C) groups is 1. The normalized spacial score (nSPS) is 12.4. The number of nitrogens with zero attached hydrogens (tertiary/aromatic N) is 1.